The number of pyridine rings is 1. The molecule has 1 fully saturated rings. The molecule has 0 aliphatic carbocycles. The molecular formula is C13H17F3N4O3. The predicted molar refractivity (Wildman–Crippen MR) is 77.5 cm³/mol. The van der Waals surface area contributed by atoms with Gasteiger partial charge in [-0.1, -0.05) is 0 Å². The number of hydrogen-bond acceptors (Lipinski definition) is 6. The number of ether oxygens (including phenoxy) is 2. The van der Waals surface area contributed by atoms with Crippen LogP contribution in [0.3, 0.4) is 0 Å². The zero-order valence-corrected chi connectivity index (χ0v) is 12.4. The molecule has 7 nitrogen and oxygen atoms in total. The third-order valence-corrected chi connectivity index (χ3v) is 2.99. The first-order valence-electron chi connectivity index (χ1n) is 6.86. The highest BCUT2D eigenvalue weighted by molar-refractivity contribution is 5.91. The Morgan fingerprint density at radius 1 is 1.48 bits per heavy atom. The Kier molecular flexibility index (Phi) is 5.14. The Labute approximate surface area is 130 Å². The smallest absolute Gasteiger partial charge is 0.422 e. The van der Waals surface area contributed by atoms with Crippen LogP contribution in [0.15, 0.2) is 6.07 Å². The number of halogens is 3. The molecular weight excluding hydrogens is 317 g/mol. The van der Waals surface area contributed by atoms with Crippen molar-refractivity contribution in [3.63, 3.8) is 0 Å². The number of morpholine rings is 1. The summed E-state index contributed by atoms with van der Waals surface area (Å²) in [7, 11) is 0. The molecule has 2 rings (SSSR count). The van der Waals surface area contributed by atoms with E-state index < -0.39 is 18.7 Å². The van der Waals surface area contributed by atoms with E-state index in [0.717, 1.165) is 0 Å². The molecule has 3 N–H and O–H groups in total. The average molecular weight is 334 g/mol. The van der Waals surface area contributed by atoms with Gasteiger partial charge in [-0.25, -0.2) is 0 Å². The molecule has 1 aliphatic rings. The molecule has 0 bridgehead atoms. The summed E-state index contributed by atoms with van der Waals surface area (Å²) in [4.78, 5) is 17.0. The molecule has 128 valence electrons. The van der Waals surface area contributed by atoms with Gasteiger partial charge in [-0.2, -0.15) is 18.2 Å². The number of anilines is 3. The molecule has 1 saturated heterocycles. The van der Waals surface area contributed by atoms with Crippen molar-refractivity contribution >= 4 is 23.1 Å². The van der Waals surface area contributed by atoms with E-state index in [4.69, 9.17) is 15.2 Å². The first kappa shape index (κ1) is 17.1. The second-order valence-corrected chi connectivity index (χ2v) is 4.94. The zero-order valence-electron chi connectivity index (χ0n) is 12.4. The van der Waals surface area contributed by atoms with Crippen molar-refractivity contribution in [3.05, 3.63) is 6.07 Å². The van der Waals surface area contributed by atoms with Gasteiger partial charge in [-0.3, -0.25) is 4.79 Å². The number of rotatable bonds is 4. The van der Waals surface area contributed by atoms with Crippen LogP contribution in [0.2, 0.25) is 0 Å². The first-order chi connectivity index (χ1) is 10.8. The number of nitrogens with one attached hydrogen (secondary N) is 1. The number of hydrogen-bond donors (Lipinski definition) is 2. The number of carbonyl (C=O) groups is 1. The summed E-state index contributed by atoms with van der Waals surface area (Å²) < 4.78 is 47.1. The van der Waals surface area contributed by atoms with Crippen LogP contribution in [-0.2, 0) is 9.53 Å². The second-order valence-electron chi connectivity index (χ2n) is 4.94. The van der Waals surface area contributed by atoms with Crippen molar-refractivity contribution in [3.8, 4) is 5.88 Å². The number of nitrogens with zero attached hydrogens (tertiary/aromatic N) is 2. The topological polar surface area (TPSA) is 89.7 Å². The normalized spacial score (nSPS) is 15.4. The number of nitrogen functional groups attached to an aromatic ring is 1. The average Bonchev–Trinajstić information content (AvgIpc) is 2.45. The van der Waals surface area contributed by atoms with Crippen LogP contribution in [0.25, 0.3) is 0 Å². The summed E-state index contributed by atoms with van der Waals surface area (Å²) in [5, 5.41) is 2.36. The summed E-state index contributed by atoms with van der Waals surface area (Å²) in [6, 6.07) is 1.34. The molecule has 0 spiro atoms. The molecule has 0 aromatic carbocycles. The van der Waals surface area contributed by atoms with E-state index in [2.05, 4.69) is 10.3 Å². The number of alkyl halides is 3. The lowest BCUT2D eigenvalue weighted by Gasteiger charge is -2.29. The lowest BCUT2D eigenvalue weighted by molar-refractivity contribution is -0.153. The lowest BCUT2D eigenvalue weighted by atomic mass is 10.3. The second kappa shape index (κ2) is 6.90. The van der Waals surface area contributed by atoms with Crippen molar-refractivity contribution in [1.82, 2.24) is 4.98 Å². The van der Waals surface area contributed by atoms with E-state index in [1.807, 2.05) is 0 Å². The third-order valence-electron chi connectivity index (χ3n) is 2.99. The zero-order chi connectivity index (χ0) is 17.0. The maximum absolute atomic E-state index is 12.4. The quantitative estimate of drug-likeness (QED) is 0.865. The van der Waals surface area contributed by atoms with Gasteiger partial charge < -0.3 is 25.4 Å². The molecule has 1 amide bonds. The van der Waals surface area contributed by atoms with E-state index in [9.17, 15) is 18.0 Å². The minimum atomic E-state index is -4.52. The van der Waals surface area contributed by atoms with Gasteiger partial charge in [0.05, 0.1) is 18.9 Å². The minimum absolute atomic E-state index is 0.00346. The van der Waals surface area contributed by atoms with E-state index in [1.54, 1.807) is 4.90 Å². The lowest BCUT2D eigenvalue weighted by Crippen LogP contribution is -2.37. The van der Waals surface area contributed by atoms with Crippen molar-refractivity contribution in [1.29, 1.82) is 0 Å². The van der Waals surface area contributed by atoms with Crippen LogP contribution >= 0.6 is 0 Å². The monoisotopic (exact) mass is 334 g/mol. The summed E-state index contributed by atoms with van der Waals surface area (Å²) in [5.74, 6) is -0.491. The highest BCUT2D eigenvalue weighted by Gasteiger charge is 2.30. The van der Waals surface area contributed by atoms with Gasteiger partial charge in [0, 0.05) is 20.0 Å². The van der Waals surface area contributed by atoms with Gasteiger partial charge in [0.1, 0.15) is 5.69 Å². The Bertz CT molecular complexity index is 574. The fourth-order valence-electron chi connectivity index (χ4n) is 2.07. The molecule has 1 aromatic heterocycles. The molecule has 2 heterocycles. The summed E-state index contributed by atoms with van der Waals surface area (Å²) >= 11 is 0. The van der Waals surface area contributed by atoms with Crippen LogP contribution in [0.5, 0.6) is 5.88 Å². The van der Waals surface area contributed by atoms with Crippen LogP contribution in [0.4, 0.5) is 30.4 Å². The van der Waals surface area contributed by atoms with Crippen LogP contribution in [0.1, 0.15) is 6.92 Å². The Balaban J connectivity index is 2.31. The molecule has 23 heavy (non-hydrogen) atoms. The third kappa shape index (κ3) is 4.88. The fraction of sp³-hybridized carbons (Fsp3) is 0.538. The maximum Gasteiger partial charge on any atom is 0.422 e. The number of amides is 1. The SMILES string of the molecule is CC(=O)Nc1cc(N)c(N2CCOCC2)nc1OCC(F)(F)F. The largest absolute Gasteiger partial charge is 0.466 e. The van der Waals surface area contributed by atoms with E-state index in [0.29, 0.717) is 32.1 Å². The summed E-state index contributed by atoms with van der Waals surface area (Å²) in [5.41, 5.74) is 6.13. The Morgan fingerprint density at radius 3 is 2.70 bits per heavy atom. The molecule has 0 unspecified atom stereocenters. The van der Waals surface area contributed by atoms with E-state index in [1.165, 1.54) is 13.0 Å². The molecule has 1 aromatic rings. The van der Waals surface area contributed by atoms with Crippen LogP contribution < -0.4 is 20.7 Å². The molecule has 0 atom stereocenters. The van der Waals surface area contributed by atoms with Crippen LogP contribution in [-0.4, -0.2) is 50.0 Å². The van der Waals surface area contributed by atoms with Gasteiger partial charge in [-0.05, 0) is 6.07 Å². The van der Waals surface area contributed by atoms with Gasteiger partial charge in [-0.15, -0.1) is 0 Å². The summed E-state index contributed by atoms with van der Waals surface area (Å²) in [6.45, 7) is 1.66. The predicted octanol–water partition coefficient (Wildman–Crippen LogP) is 1.40. The minimum Gasteiger partial charge on any atom is -0.466 e. The van der Waals surface area contributed by atoms with Gasteiger partial charge in [0.15, 0.2) is 12.4 Å². The van der Waals surface area contributed by atoms with E-state index in [-0.39, 0.29) is 17.3 Å². The van der Waals surface area contributed by atoms with Gasteiger partial charge in [0.25, 0.3) is 0 Å². The van der Waals surface area contributed by atoms with Crippen molar-refractivity contribution in [2.75, 3.05) is 48.9 Å². The van der Waals surface area contributed by atoms with Gasteiger partial charge in [0.2, 0.25) is 11.8 Å². The Morgan fingerprint density at radius 2 is 2.13 bits per heavy atom. The Hall–Kier alpha value is -2.23. The number of aromatic nitrogens is 1. The van der Waals surface area contributed by atoms with Crippen LogP contribution in [0, 0.1) is 0 Å². The highest BCUT2D eigenvalue weighted by Crippen LogP contribution is 2.33. The number of nitrogens with two attached hydrogens (primary N) is 1. The maximum atomic E-state index is 12.4. The fourth-order valence-corrected chi connectivity index (χ4v) is 2.07. The molecule has 10 heteroatoms. The van der Waals surface area contributed by atoms with E-state index >= 15 is 0 Å². The van der Waals surface area contributed by atoms with Crippen molar-refractivity contribution in [2.45, 2.75) is 13.1 Å². The summed E-state index contributed by atoms with van der Waals surface area (Å²) in [6.07, 6.45) is -4.52. The van der Waals surface area contributed by atoms with Crippen molar-refractivity contribution in [2.24, 2.45) is 0 Å². The molecule has 1 aliphatic heterocycles. The highest BCUT2D eigenvalue weighted by atomic mass is 19.4. The first-order valence-corrected chi connectivity index (χ1v) is 6.86. The number of carbonyl (C=O) groups excluding carboxylic acids is 1. The van der Waals surface area contributed by atoms with Gasteiger partial charge >= 0.3 is 6.18 Å². The molecule has 0 saturated carbocycles. The van der Waals surface area contributed by atoms with Crippen molar-refractivity contribution < 1.29 is 27.4 Å². The standard InChI is InChI=1S/C13H17F3N4O3/c1-8(21)18-10-6-9(17)11(20-2-4-22-5-3-20)19-12(10)23-7-13(14,15)16/h6H,2-5,7,17H2,1H3,(H,18,21). The molecule has 0 radical (unpaired) electrons.